The highest BCUT2D eigenvalue weighted by atomic mass is 16.6. The van der Waals surface area contributed by atoms with E-state index in [9.17, 15) is 4.79 Å². The number of ether oxygens (including phenoxy) is 2. The minimum absolute atomic E-state index is 0.0238. The van der Waals surface area contributed by atoms with Crippen molar-refractivity contribution >= 4 is 17.1 Å². The van der Waals surface area contributed by atoms with E-state index in [0.29, 0.717) is 11.1 Å². The van der Waals surface area contributed by atoms with Crippen molar-refractivity contribution in [3.05, 3.63) is 23.8 Å². The van der Waals surface area contributed by atoms with Crippen LogP contribution >= 0.6 is 0 Å². The Balaban J connectivity index is 1.76. The highest BCUT2D eigenvalue weighted by molar-refractivity contribution is 5.91. The first kappa shape index (κ1) is 13.9. The predicted molar refractivity (Wildman–Crippen MR) is 74.6 cm³/mol. The van der Waals surface area contributed by atoms with E-state index < -0.39 is 5.97 Å². The standard InChI is InChI=1S/C15H17NO5/c1-19-10-3-2-4-11(8-10)20-15-16-12-6-5-9(14(17)18)7-13(12)21-15/h5-7,10-11H,2-4,8H2,1H3,(H,17,18). The summed E-state index contributed by atoms with van der Waals surface area (Å²) in [6, 6.07) is 4.57. The zero-order valence-corrected chi connectivity index (χ0v) is 11.7. The van der Waals surface area contributed by atoms with Crippen LogP contribution in [0.5, 0.6) is 6.08 Å². The minimum atomic E-state index is -0.994. The molecular weight excluding hydrogens is 274 g/mol. The SMILES string of the molecule is COC1CCCC(Oc2nc3ccc(C(=O)O)cc3o2)C1. The molecule has 3 rings (SSSR count). The molecule has 1 aliphatic carbocycles. The summed E-state index contributed by atoms with van der Waals surface area (Å²) >= 11 is 0. The quantitative estimate of drug-likeness (QED) is 0.932. The number of nitrogens with zero attached hydrogens (tertiary/aromatic N) is 1. The second-order valence-corrected chi connectivity index (χ2v) is 5.23. The number of aromatic nitrogens is 1. The molecule has 6 nitrogen and oxygen atoms in total. The first-order valence-electron chi connectivity index (χ1n) is 6.99. The van der Waals surface area contributed by atoms with E-state index in [0.717, 1.165) is 25.7 Å². The lowest BCUT2D eigenvalue weighted by Gasteiger charge is -2.27. The molecule has 1 saturated carbocycles. The third kappa shape index (κ3) is 3.00. The van der Waals surface area contributed by atoms with Gasteiger partial charge in [-0.3, -0.25) is 0 Å². The van der Waals surface area contributed by atoms with E-state index in [1.54, 1.807) is 13.2 Å². The monoisotopic (exact) mass is 291 g/mol. The summed E-state index contributed by atoms with van der Waals surface area (Å²) in [4.78, 5) is 15.2. The Labute approximate surface area is 121 Å². The van der Waals surface area contributed by atoms with Crippen molar-refractivity contribution in [2.75, 3.05) is 7.11 Å². The molecule has 0 bridgehead atoms. The van der Waals surface area contributed by atoms with E-state index in [1.807, 2.05) is 0 Å². The molecule has 1 heterocycles. The van der Waals surface area contributed by atoms with E-state index in [1.165, 1.54) is 12.1 Å². The molecule has 1 fully saturated rings. The van der Waals surface area contributed by atoms with Crippen molar-refractivity contribution in [1.29, 1.82) is 0 Å². The van der Waals surface area contributed by atoms with Gasteiger partial charge in [-0.1, -0.05) is 0 Å². The maximum atomic E-state index is 10.9. The smallest absolute Gasteiger partial charge is 0.394 e. The second kappa shape index (κ2) is 5.73. The number of fused-ring (bicyclic) bond motifs is 1. The van der Waals surface area contributed by atoms with Crippen LogP contribution < -0.4 is 4.74 Å². The Morgan fingerprint density at radius 3 is 2.95 bits per heavy atom. The van der Waals surface area contributed by atoms with E-state index in [2.05, 4.69) is 4.98 Å². The summed E-state index contributed by atoms with van der Waals surface area (Å²) in [7, 11) is 1.71. The van der Waals surface area contributed by atoms with E-state index >= 15 is 0 Å². The highest BCUT2D eigenvalue weighted by Gasteiger charge is 2.24. The molecular formula is C15H17NO5. The topological polar surface area (TPSA) is 81.8 Å². The average Bonchev–Trinajstić information content (AvgIpc) is 2.88. The molecule has 0 amide bonds. The highest BCUT2D eigenvalue weighted by Crippen LogP contribution is 2.27. The number of carboxylic acid groups (broad SMARTS) is 1. The van der Waals surface area contributed by atoms with Crippen LogP contribution in [0.2, 0.25) is 0 Å². The third-order valence-corrected chi connectivity index (χ3v) is 3.79. The number of methoxy groups -OCH3 is 1. The summed E-state index contributed by atoms with van der Waals surface area (Å²) in [6.07, 6.45) is 4.28. The number of aromatic carboxylic acids is 1. The molecule has 1 aromatic carbocycles. The number of hydrogen-bond acceptors (Lipinski definition) is 5. The van der Waals surface area contributed by atoms with Gasteiger partial charge in [-0.2, -0.15) is 4.98 Å². The van der Waals surface area contributed by atoms with Gasteiger partial charge in [0.1, 0.15) is 11.6 Å². The molecule has 0 spiro atoms. The van der Waals surface area contributed by atoms with Crippen molar-refractivity contribution in [2.24, 2.45) is 0 Å². The number of oxazole rings is 1. The van der Waals surface area contributed by atoms with Gasteiger partial charge in [0.2, 0.25) is 0 Å². The Morgan fingerprint density at radius 2 is 2.19 bits per heavy atom. The van der Waals surface area contributed by atoms with E-state index in [4.69, 9.17) is 19.0 Å². The Bertz CT molecular complexity index is 651. The molecule has 0 saturated heterocycles. The summed E-state index contributed by atoms with van der Waals surface area (Å²) in [5.74, 6) is -0.994. The van der Waals surface area contributed by atoms with Crippen LogP contribution in [0.25, 0.3) is 11.1 Å². The summed E-state index contributed by atoms with van der Waals surface area (Å²) in [5, 5.41) is 8.96. The number of hydrogen-bond donors (Lipinski definition) is 1. The average molecular weight is 291 g/mol. The molecule has 2 unspecified atom stereocenters. The summed E-state index contributed by atoms with van der Waals surface area (Å²) in [5.41, 5.74) is 1.18. The van der Waals surface area contributed by atoms with Gasteiger partial charge in [-0.05, 0) is 37.5 Å². The van der Waals surface area contributed by atoms with Crippen LogP contribution in [-0.4, -0.2) is 35.4 Å². The van der Waals surface area contributed by atoms with Crippen molar-refractivity contribution in [3.63, 3.8) is 0 Å². The van der Waals surface area contributed by atoms with Crippen molar-refractivity contribution in [1.82, 2.24) is 4.98 Å². The Kier molecular flexibility index (Phi) is 3.79. The zero-order chi connectivity index (χ0) is 14.8. The van der Waals surface area contributed by atoms with Crippen molar-refractivity contribution in [2.45, 2.75) is 37.9 Å². The fraction of sp³-hybridized carbons (Fsp3) is 0.467. The van der Waals surface area contributed by atoms with Crippen LogP contribution in [0.15, 0.2) is 22.6 Å². The molecule has 0 aliphatic heterocycles. The van der Waals surface area contributed by atoms with Gasteiger partial charge < -0.3 is 19.0 Å². The van der Waals surface area contributed by atoms with Crippen molar-refractivity contribution in [3.8, 4) is 6.08 Å². The molecule has 1 N–H and O–H groups in total. The Hall–Kier alpha value is -2.08. The number of rotatable bonds is 4. The molecule has 2 aromatic rings. The lowest BCUT2D eigenvalue weighted by Crippen LogP contribution is -2.29. The van der Waals surface area contributed by atoms with Gasteiger partial charge in [-0.25, -0.2) is 4.79 Å². The van der Waals surface area contributed by atoms with Crippen LogP contribution in [0.3, 0.4) is 0 Å². The lowest BCUT2D eigenvalue weighted by atomic mass is 9.95. The zero-order valence-electron chi connectivity index (χ0n) is 11.7. The fourth-order valence-corrected chi connectivity index (χ4v) is 2.65. The van der Waals surface area contributed by atoms with Crippen molar-refractivity contribution < 1.29 is 23.8 Å². The molecule has 21 heavy (non-hydrogen) atoms. The lowest BCUT2D eigenvalue weighted by molar-refractivity contribution is 0.0117. The van der Waals surface area contributed by atoms with Gasteiger partial charge in [0, 0.05) is 13.5 Å². The third-order valence-electron chi connectivity index (χ3n) is 3.79. The molecule has 2 atom stereocenters. The normalized spacial score (nSPS) is 22.3. The maximum absolute atomic E-state index is 10.9. The first-order chi connectivity index (χ1) is 10.2. The largest absolute Gasteiger partial charge is 0.478 e. The van der Waals surface area contributed by atoms with Crippen LogP contribution in [0, 0.1) is 0 Å². The first-order valence-corrected chi connectivity index (χ1v) is 6.99. The number of carboxylic acids is 1. The minimum Gasteiger partial charge on any atom is -0.478 e. The summed E-state index contributed by atoms with van der Waals surface area (Å²) < 4.78 is 16.6. The molecule has 0 radical (unpaired) electrons. The summed E-state index contributed by atoms with van der Waals surface area (Å²) in [6.45, 7) is 0. The molecule has 112 valence electrons. The number of benzene rings is 1. The van der Waals surface area contributed by atoms with Gasteiger partial charge in [0.25, 0.3) is 0 Å². The van der Waals surface area contributed by atoms with Crippen LogP contribution in [-0.2, 0) is 4.74 Å². The van der Waals surface area contributed by atoms with Crippen LogP contribution in [0.1, 0.15) is 36.0 Å². The molecule has 6 heteroatoms. The number of carbonyl (C=O) groups is 1. The fourth-order valence-electron chi connectivity index (χ4n) is 2.65. The molecule has 1 aliphatic rings. The predicted octanol–water partition coefficient (Wildman–Crippen LogP) is 2.86. The Morgan fingerprint density at radius 1 is 1.38 bits per heavy atom. The molecule has 1 aromatic heterocycles. The van der Waals surface area contributed by atoms with Gasteiger partial charge in [-0.15, -0.1) is 0 Å². The maximum Gasteiger partial charge on any atom is 0.394 e. The van der Waals surface area contributed by atoms with Gasteiger partial charge >= 0.3 is 12.0 Å². The second-order valence-electron chi connectivity index (χ2n) is 5.23. The van der Waals surface area contributed by atoms with Crippen LogP contribution in [0.4, 0.5) is 0 Å². The van der Waals surface area contributed by atoms with Gasteiger partial charge in [0.05, 0.1) is 11.7 Å². The van der Waals surface area contributed by atoms with E-state index in [-0.39, 0.29) is 23.8 Å². The van der Waals surface area contributed by atoms with Gasteiger partial charge in [0.15, 0.2) is 5.58 Å².